The van der Waals surface area contributed by atoms with Gasteiger partial charge < -0.3 is 4.90 Å². The number of carbonyl (C=O) groups is 1. The smallest absolute Gasteiger partial charge is 0.224 e. The Morgan fingerprint density at radius 2 is 2.10 bits per heavy atom. The maximum atomic E-state index is 13.0. The lowest BCUT2D eigenvalue weighted by Gasteiger charge is -2.35. The second kappa shape index (κ2) is 6.26. The van der Waals surface area contributed by atoms with Crippen molar-refractivity contribution in [1.29, 1.82) is 0 Å². The van der Waals surface area contributed by atoms with E-state index in [-0.39, 0.29) is 17.1 Å². The average molecular weight is 302 g/mol. The Morgan fingerprint density at radius 1 is 1.29 bits per heavy atom. The van der Waals surface area contributed by atoms with Gasteiger partial charge in [-0.25, -0.2) is 4.39 Å². The van der Waals surface area contributed by atoms with Crippen molar-refractivity contribution in [1.82, 2.24) is 9.88 Å². The molecule has 0 bridgehead atoms. The Kier molecular flexibility index (Phi) is 4.20. The Morgan fingerprint density at radius 3 is 2.81 bits per heavy atom. The van der Waals surface area contributed by atoms with Crippen molar-refractivity contribution in [2.24, 2.45) is 0 Å². The molecule has 1 saturated heterocycles. The number of aromatic nitrogens is 1. The topological polar surface area (TPSA) is 33.2 Å². The van der Waals surface area contributed by atoms with Gasteiger partial charge in [-0.2, -0.15) is 0 Å². The first-order chi connectivity index (χ1) is 10.2. The van der Waals surface area contributed by atoms with Crippen molar-refractivity contribution in [2.75, 3.05) is 5.75 Å². The number of nitrogens with zero attached hydrogens (tertiary/aromatic N) is 2. The van der Waals surface area contributed by atoms with Crippen molar-refractivity contribution in [3.8, 4) is 0 Å². The quantitative estimate of drug-likeness (QED) is 0.871. The molecule has 5 heteroatoms. The van der Waals surface area contributed by atoms with E-state index < -0.39 is 0 Å². The fourth-order valence-corrected chi connectivity index (χ4v) is 3.60. The van der Waals surface area contributed by atoms with Crippen LogP contribution in [0.5, 0.6) is 0 Å². The molecule has 1 fully saturated rings. The van der Waals surface area contributed by atoms with E-state index in [4.69, 9.17) is 0 Å². The fourth-order valence-electron chi connectivity index (χ4n) is 2.38. The van der Waals surface area contributed by atoms with Gasteiger partial charge in [-0.05, 0) is 23.8 Å². The molecule has 1 atom stereocenters. The Labute approximate surface area is 127 Å². The minimum absolute atomic E-state index is 0.0231. The number of hydrogen-bond acceptors (Lipinski definition) is 3. The van der Waals surface area contributed by atoms with Crippen LogP contribution < -0.4 is 0 Å². The number of benzene rings is 1. The molecule has 1 unspecified atom stereocenters. The van der Waals surface area contributed by atoms with Gasteiger partial charge in [0.15, 0.2) is 0 Å². The molecule has 3 nitrogen and oxygen atoms in total. The minimum Gasteiger partial charge on any atom is -0.322 e. The molecule has 1 amide bonds. The van der Waals surface area contributed by atoms with Gasteiger partial charge in [0.25, 0.3) is 0 Å². The predicted octanol–water partition coefficient (Wildman–Crippen LogP) is 3.39. The first kappa shape index (κ1) is 14.1. The SMILES string of the molecule is O=C1CCSC(c2cccnc2)N1Cc1ccc(F)cc1. The lowest BCUT2D eigenvalue weighted by molar-refractivity contribution is -0.132. The van der Waals surface area contributed by atoms with Crippen molar-refractivity contribution in [3.05, 3.63) is 65.7 Å². The van der Waals surface area contributed by atoms with Crippen molar-refractivity contribution < 1.29 is 9.18 Å². The van der Waals surface area contributed by atoms with Crippen LogP contribution in [0.4, 0.5) is 4.39 Å². The van der Waals surface area contributed by atoms with Crippen LogP contribution in [0.3, 0.4) is 0 Å². The van der Waals surface area contributed by atoms with Crippen LogP contribution in [-0.2, 0) is 11.3 Å². The molecule has 108 valence electrons. The molecule has 1 aromatic carbocycles. The average Bonchev–Trinajstić information content (AvgIpc) is 2.52. The maximum Gasteiger partial charge on any atom is 0.224 e. The molecule has 2 heterocycles. The highest BCUT2D eigenvalue weighted by Gasteiger charge is 2.29. The summed E-state index contributed by atoms with van der Waals surface area (Å²) >= 11 is 1.74. The van der Waals surface area contributed by atoms with Crippen LogP contribution >= 0.6 is 11.8 Å². The molecule has 0 N–H and O–H groups in total. The molecular weight excluding hydrogens is 287 g/mol. The van der Waals surface area contributed by atoms with E-state index in [0.29, 0.717) is 13.0 Å². The number of rotatable bonds is 3. The molecule has 3 rings (SSSR count). The van der Waals surface area contributed by atoms with Crippen LogP contribution in [-0.4, -0.2) is 21.5 Å². The number of amides is 1. The number of halogens is 1. The van der Waals surface area contributed by atoms with Gasteiger partial charge in [-0.15, -0.1) is 11.8 Å². The summed E-state index contributed by atoms with van der Waals surface area (Å²) in [5.74, 6) is 0.687. The number of thioether (sulfide) groups is 1. The lowest BCUT2D eigenvalue weighted by atomic mass is 10.1. The third-order valence-electron chi connectivity index (χ3n) is 3.43. The molecular formula is C16H15FN2OS. The van der Waals surface area contributed by atoms with Gasteiger partial charge in [-0.1, -0.05) is 18.2 Å². The van der Waals surface area contributed by atoms with Gasteiger partial charge >= 0.3 is 0 Å². The second-order valence-corrected chi connectivity index (χ2v) is 6.10. The summed E-state index contributed by atoms with van der Waals surface area (Å²) in [6, 6.07) is 10.2. The summed E-state index contributed by atoms with van der Waals surface area (Å²) in [5, 5.41) is -0.0231. The molecule has 0 saturated carbocycles. The Balaban J connectivity index is 1.84. The molecule has 1 aliphatic rings. The zero-order valence-corrected chi connectivity index (χ0v) is 12.2. The van der Waals surface area contributed by atoms with E-state index in [2.05, 4.69) is 4.98 Å². The van der Waals surface area contributed by atoms with E-state index in [9.17, 15) is 9.18 Å². The van der Waals surface area contributed by atoms with Crippen LogP contribution in [0.1, 0.15) is 22.9 Å². The van der Waals surface area contributed by atoms with E-state index >= 15 is 0 Å². The monoisotopic (exact) mass is 302 g/mol. The van der Waals surface area contributed by atoms with Crippen molar-refractivity contribution in [3.63, 3.8) is 0 Å². The largest absolute Gasteiger partial charge is 0.322 e. The van der Waals surface area contributed by atoms with Gasteiger partial charge in [-0.3, -0.25) is 9.78 Å². The molecule has 1 aliphatic heterocycles. The van der Waals surface area contributed by atoms with E-state index in [1.165, 1.54) is 12.1 Å². The fraction of sp³-hybridized carbons (Fsp3) is 0.250. The van der Waals surface area contributed by atoms with Gasteiger partial charge in [0.05, 0.1) is 0 Å². The highest BCUT2D eigenvalue weighted by atomic mass is 32.2. The highest BCUT2D eigenvalue weighted by Crippen LogP contribution is 2.37. The first-order valence-electron chi connectivity index (χ1n) is 6.79. The molecule has 2 aromatic rings. The predicted molar refractivity (Wildman–Crippen MR) is 81.0 cm³/mol. The van der Waals surface area contributed by atoms with Crippen molar-refractivity contribution >= 4 is 17.7 Å². The zero-order valence-electron chi connectivity index (χ0n) is 11.4. The third-order valence-corrected chi connectivity index (χ3v) is 4.71. The Hall–Kier alpha value is -1.88. The van der Waals surface area contributed by atoms with E-state index in [0.717, 1.165) is 16.9 Å². The number of hydrogen-bond donors (Lipinski definition) is 0. The number of carbonyl (C=O) groups excluding carboxylic acids is 1. The maximum absolute atomic E-state index is 13.0. The molecule has 0 spiro atoms. The summed E-state index contributed by atoms with van der Waals surface area (Å²) < 4.78 is 13.0. The summed E-state index contributed by atoms with van der Waals surface area (Å²) in [5.41, 5.74) is 1.96. The Bertz CT molecular complexity index is 618. The highest BCUT2D eigenvalue weighted by molar-refractivity contribution is 7.99. The number of pyridine rings is 1. The van der Waals surface area contributed by atoms with Crippen LogP contribution in [0, 0.1) is 5.82 Å². The van der Waals surface area contributed by atoms with E-state index in [1.807, 2.05) is 17.0 Å². The molecule has 21 heavy (non-hydrogen) atoms. The normalized spacial score (nSPS) is 18.8. The van der Waals surface area contributed by atoms with Crippen LogP contribution in [0.2, 0.25) is 0 Å². The summed E-state index contributed by atoms with van der Waals surface area (Å²) in [6.45, 7) is 0.492. The third kappa shape index (κ3) is 3.24. The van der Waals surface area contributed by atoms with Gasteiger partial charge in [0.2, 0.25) is 5.91 Å². The first-order valence-corrected chi connectivity index (χ1v) is 7.84. The van der Waals surface area contributed by atoms with Crippen LogP contribution in [0.25, 0.3) is 0 Å². The molecule has 0 aliphatic carbocycles. The minimum atomic E-state index is -0.262. The molecule has 0 radical (unpaired) electrons. The summed E-state index contributed by atoms with van der Waals surface area (Å²) in [4.78, 5) is 18.3. The van der Waals surface area contributed by atoms with E-state index in [1.54, 1.807) is 36.3 Å². The summed E-state index contributed by atoms with van der Waals surface area (Å²) in [6.07, 6.45) is 4.07. The molecule has 1 aromatic heterocycles. The van der Waals surface area contributed by atoms with Gasteiger partial charge in [0.1, 0.15) is 11.2 Å². The second-order valence-electron chi connectivity index (χ2n) is 4.91. The van der Waals surface area contributed by atoms with Crippen LogP contribution in [0.15, 0.2) is 48.8 Å². The van der Waals surface area contributed by atoms with Crippen molar-refractivity contribution in [2.45, 2.75) is 18.3 Å². The zero-order chi connectivity index (χ0) is 14.7. The lowest BCUT2D eigenvalue weighted by Crippen LogP contribution is -2.36. The standard InChI is InChI=1S/C16H15FN2OS/c17-14-5-3-12(4-6-14)11-19-15(20)7-9-21-16(19)13-2-1-8-18-10-13/h1-6,8,10,16H,7,9,11H2. The summed E-state index contributed by atoms with van der Waals surface area (Å²) in [7, 11) is 0. The van der Waals surface area contributed by atoms with Gasteiger partial charge in [0, 0.05) is 36.7 Å².